The van der Waals surface area contributed by atoms with Gasteiger partial charge in [-0.1, -0.05) is 25.1 Å². The predicted octanol–water partition coefficient (Wildman–Crippen LogP) is 2.24. The molecule has 2 rings (SSSR count). The average molecular weight is 274 g/mol. The molecule has 1 aromatic carbocycles. The van der Waals surface area contributed by atoms with Gasteiger partial charge in [-0.05, 0) is 25.5 Å². The summed E-state index contributed by atoms with van der Waals surface area (Å²) < 4.78 is 4.98. The van der Waals surface area contributed by atoms with Crippen molar-refractivity contribution < 1.29 is 14.3 Å². The number of para-hydroxylation sites is 1. The fourth-order valence-electron chi connectivity index (χ4n) is 1.81. The molecule has 0 spiro atoms. The summed E-state index contributed by atoms with van der Waals surface area (Å²) in [5.74, 6) is -0.815. The van der Waals surface area contributed by atoms with Crippen LogP contribution in [0.1, 0.15) is 30.8 Å². The lowest BCUT2D eigenvalue weighted by molar-refractivity contribution is -0.124. The maximum absolute atomic E-state index is 11.8. The standard InChI is InChI=1S/C15H18N2O3/c1-3-10(2)16-14(18)9-20-15(19)13-8-11-6-4-5-7-12(11)17-13/h4-8,10,17H,3,9H2,1-2H3,(H,16,18)/t10-/m0/s1. The largest absolute Gasteiger partial charge is 0.451 e. The van der Waals surface area contributed by atoms with Crippen LogP contribution in [0.5, 0.6) is 0 Å². The number of esters is 1. The van der Waals surface area contributed by atoms with E-state index < -0.39 is 5.97 Å². The number of rotatable bonds is 5. The first-order valence-corrected chi connectivity index (χ1v) is 6.64. The van der Waals surface area contributed by atoms with E-state index in [0.29, 0.717) is 5.69 Å². The lowest BCUT2D eigenvalue weighted by Crippen LogP contribution is -2.35. The third-order valence-electron chi connectivity index (χ3n) is 3.10. The maximum atomic E-state index is 11.8. The van der Waals surface area contributed by atoms with Crippen molar-refractivity contribution in [3.63, 3.8) is 0 Å². The molecule has 2 aromatic rings. The highest BCUT2D eigenvalue weighted by atomic mass is 16.5. The minimum atomic E-state index is -0.527. The fourth-order valence-corrected chi connectivity index (χ4v) is 1.81. The van der Waals surface area contributed by atoms with Gasteiger partial charge < -0.3 is 15.0 Å². The normalized spacial score (nSPS) is 12.1. The van der Waals surface area contributed by atoms with Gasteiger partial charge >= 0.3 is 5.97 Å². The monoisotopic (exact) mass is 274 g/mol. The number of carbonyl (C=O) groups is 2. The second-order valence-corrected chi connectivity index (χ2v) is 4.72. The lowest BCUT2D eigenvalue weighted by atomic mass is 10.2. The average Bonchev–Trinajstić information content (AvgIpc) is 2.88. The van der Waals surface area contributed by atoms with Gasteiger partial charge in [-0.3, -0.25) is 4.79 Å². The van der Waals surface area contributed by atoms with Crippen LogP contribution in [0, 0.1) is 0 Å². The second kappa shape index (κ2) is 6.23. The number of aromatic nitrogens is 1. The quantitative estimate of drug-likeness (QED) is 0.821. The van der Waals surface area contributed by atoms with Crippen LogP contribution in [-0.2, 0) is 9.53 Å². The van der Waals surface area contributed by atoms with E-state index in [1.54, 1.807) is 6.07 Å². The van der Waals surface area contributed by atoms with Gasteiger partial charge in [0.15, 0.2) is 6.61 Å². The van der Waals surface area contributed by atoms with Gasteiger partial charge in [0.2, 0.25) is 0 Å². The number of hydrogen-bond donors (Lipinski definition) is 2. The van der Waals surface area contributed by atoms with Gasteiger partial charge in [-0.2, -0.15) is 0 Å². The summed E-state index contributed by atoms with van der Waals surface area (Å²) in [5, 5.41) is 3.67. The molecule has 0 bridgehead atoms. The molecule has 0 fully saturated rings. The number of nitrogens with one attached hydrogen (secondary N) is 2. The van der Waals surface area contributed by atoms with Crippen LogP contribution in [0.2, 0.25) is 0 Å². The van der Waals surface area contributed by atoms with Gasteiger partial charge in [0.1, 0.15) is 5.69 Å². The summed E-state index contributed by atoms with van der Waals surface area (Å²) >= 11 is 0. The topological polar surface area (TPSA) is 71.2 Å². The van der Waals surface area contributed by atoms with Crippen molar-refractivity contribution in [3.05, 3.63) is 36.0 Å². The molecule has 0 aliphatic rings. The molecule has 1 atom stereocenters. The number of carbonyl (C=O) groups excluding carboxylic acids is 2. The zero-order valence-corrected chi connectivity index (χ0v) is 11.6. The lowest BCUT2D eigenvalue weighted by Gasteiger charge is -2.11. The molecule has 0 radical (unpaired) electrons. The van der Waals surface area contributed by atoms with Crippen molar-refractivity contribution in [2.45, 2.75) is 26.3 Å². The molecule has 0 unspecified atom stereocenters. The van der Waals surface area contributed by atoms with E-state index in [0.717, 1.165) is 17.3 Å². The molecule has 1 aromatic heterocycles. The zero-order chi connectivity index (χ0) is 14.5. The first-order valence-electron chi connectivity index (χ1n) is 6.64. The molecule has 1 heterocycles. The third kappa shape index (κ3) is 3.38. The third-order valence-corrected chi connectivity index (χ3v) is 3.10. The van der Waals surface area contributed by atoms with Crippen molar-refractivity contribution in [1.29, 1.82) is 0 Å². The summed E-state index contributed by atoms with van der Waals surface area (Å²) in [4.78, 5) is 26.3. The number of fused-ring (bicyclic) bond motifs is 1. The molecule has 0 saturated carbocycles. The van der Waals surface area contributed by atoms with E-state index in [1.165, 1.54) is 0 Å². The second-order valence-electron chi connectivity index (χ2n) is 4.72. The fraction of sp³-hybridized carbons (Fsp3) is 0.333. The maximum Gasteiger partial charge on any atom is 0.355 e. The van der Waals surface area contributed by atoms with Crippen LogP contribution < -0.4 is 5.32 Å². The van der Waals surface area contributed by atoms with Crippen molar-refractivity contribution >= 4 is 22.8 Å². The van der Waals surface area contributed by atoms with Gasteiger partial charge in [0.05, 0.1) is 0 Å². The number of H-pyrrole nitrogens is 1. The van der Waals surface area contributed by atoms with Crippen molar-refractivity contribution in [3.8, 4) is 0 Å². The van der Waals surface area contributed by atoms with Crippen LogP contribution >= 0.6 is 0 Å². The Labute approximate surface area is 117 Å². The molecule has 5 nitrogen and oxygen atoms in total. The Balaban J connectivity index is 1.93. The zero-order valence-electron chi connectivity index (χ0n) is 11.6. The number of hydrogen-bond acceptors (Lipinski definition) is 3. The molecule has 1 amide bonds. The van der Waals surface area contributed by atoms with Crippen LogP contribution in [0.15, 0.2) is 30.3 Å². The highest BCUT2D eigenvalue weighted by molar-refractivity contribution is 5.95. The van der Waals surface area contributed by atoms with Crippen LogP contribution in [0.4, 0.5) is 0 Å². The summed E-state index contributed by atoms with van der Waals surface area (Å²) in [6.45, 7) is 3.61. The molecule has 0 aliphatic carbocycles. The van der Waals surface area contributed by atoms with E-state index >= 15 is 0 Å². The Kier molecular flexibility index (Phi) is 4.40. The Morgan fingerprint density at radius 3 is 2.80 bits per heavy atom. The first kappa shape index (κ1) is 14.1. The van der Waals surface area contributed by atoms with Gasteiger partial charge in [-0.25, -0.2) is 4.79 Å². The summed E-state index contributed by atoms with van der Waals surface area (Å²) in [7, 11) is 0. The Morgan fingerprint density at radius 2 is 2.10 bits per heavy atom. The Bertz CT molecular complexity index is 585. The Hall–Kier alpha value is -2.30. The smallest absolute Gasteiger partial charge is 0.355 e. The van der Waals surface area contributed by atoms with Gasteiger partial charge in [-0.15, -0.1) is 0 Å². The van der Waals surface area contributed by atoms with Crippen molar-refractivity contribution in [1.82, 2.24) is 10.3 Å². The van der Waals surface area contributed by atoms with E-state index in [2.05, 4.69) is 10.3 Å². The molecule has 0 aliphatic heterocycles. The molecule has 106 valence electrons. The number of ether oxygens (including phenoxy) is 1. The van der Waals surface area contributed by atoms with Gasteiger partial charge in [0, 0.05) is 16.9 Å². The molecule has 20 heavy (non-hydrogen) atoms. The summed E-state index contributed by atoms with van der Waals surface area (Å²) in [6.07, 6.45) is 0.835. The molecular weight excluding hydrogens is 256 g/mol. The molecular formula is C15H18N2O3. The van der Waals surface area contributed by atoms with Crippen molar-refractivity contribution in [2.75, 3.05) is 6.61 Å². The molecule has 5 heteroatoms. The Morgan fingerprint density at radius 1 is 1.35 bits per heavy atom. The van der Waals surface area contributed by atoms with Gasteiger partial charge in [0.25, 0.3) is 5.91 Å². The minimum absolute atomic E-state index is 0.0780. The molecule has 2 N–H and O–H groups in total. The van der Waals surface area contributed by atoms with Crippen LogP contribution in [0.25, 0.3) is 10.9 Å². The summed E-state index contributed by atoms with van der Waals surface area (Å²) in [6, 6.07) is 9.34. The van der Waals surface area contributed by atoms with E-state index in [-0.39, 0.29) is 18.6 Å². The van der Waals surface area contributed by atoms with Crippen molar-refractivity contribution in [2.24, 2.45) is 0 Å². The van der Waals surface area contributed by atoms with E-state index in [1.807, 2.05) is 38.1 Å². The number of amides is 1. The SMILES string of the molecule is CC[C@H](C)NC(=O)COC(=O)c1cc2ccccc2[nH]1. The summed E-state index contributed by atoms with van der Waals surface area (Å²) in [5.41, 5.74) is 1.21. The number of aromatic amines is 1. The van der Waals surface area contributed by atoms with Crippen LogP contribution in [-0.4, -0.2) is 29.5 Å². The predicted molar refractivity (Wildman–Crippen MR) is 76.5 cm³/mol. The highest BCUT2D eigenvalue weighted by Gasteiger charge is 2.13. The van der Waals surface area contributed by atoms with E-state index in [9.17, 15) is 9.59 Å². The molecule has 0 saturated heterocycles. The minimum Gasteiger partial charge on any atom is -0.451 e. The van der Waals surface area contributed by atoms with Crippen LogP contribution in [0.3, 0.4) is 0 Å². The number of benzene rings is 1. The highest BCUT2D eigenvalue weighted by Crippen LogP contribution is 2.15. The first-order chi connectivity index (χ1) is 9.60. The van der Waals surface area contributed by atoms with E-state index in [4.69, 9.17) is 4.74 Å².